The number of anilines is 3. The molecule has 0 bridgehead atoms. The number of pyridine rings is 1. The fourth-order valence-electron chi connectivity index (χ4n) is 4.32. The number of imidazole rings is 1. The number of aromatic nitrogens is 5. The first-order chi connectivity index (χ1) is 15.6. The van der Waals surface area contributed by atoms with E-state index in [0.29, 0.717) is 37.1 Å². The van der Waals surface area contributed by atoms with E-state index in [-0.39, 0.29) is 18.2 Å². The van der Waals surface area contributed by atoms with Crippen LogP contribution in [0.1, 0.15) is 32.1 Å². The number of fused-ring (bicyclic) bond motifs is 1. The monoisotopic (exact) mass is 474 g/mol. The van der Waals surface area contributed by atoms with Crippen LogP contribution in [-0.4, -0.2) is 71.5 Å². The lowest BCUT2D eigenvalue weighted by molar-refractivity contribution is 0.0612. The van der Waals surface area contributed by atoms with Crippen molar-refractivity contribution in [3.63, 3.8) is 0 Å². The van der Waals surface area contributed by atoms with Gasteiger partial charge in [0.25, 0.3) is 0 Å². The van der Waals surface area contributed by atoms with E-state index in [4.69, 9.17) is 4.74 Å². The molecule has 0 radical (unpaired) electrons. The third kappa shape index (κ3) is 5.23. The first-order valence-electron chi connectivity index (χ1n) is 10.8. The zero-order valence-corrected chi connectivity index (χ0v) is 20.3. The number of methoxy groups -OCH3 is 1. The van der Waals surface area contributed by atoms with Gasteiger partial charge in [0.1, 0.15) is 23.0 Å². The Kier molecular flexibility index (Phi) is 6.50. The molecule has 0 saturated carbocycles. The number of rotatable bonds is 7. The molecule has 11 nitrogen and oxygen atoms in total. The number of hydrogen-bond acceptors (Lipinski definition) is 9. The van der Waals surface area contributed by atoms with Gasteiger partial charge in [0, 0.05) is 38.5 Å². The molecule has 4 rings (SSSR count). The Morgan fingerprint density at radius 1 is 1.21 bits per heavy atom. The van der Waals surface area contributed by atoms with Crippen LogP contribution >= 0.6 is 0 Å². The van der Waals surface area contributed by atoms with Gasteiger partial charge >= 0.3 is 0 Å². The number of piperidine rings is 1. The van der Waals surface area contributed by atoms with Crippen molar-refractivity contribution >= 4 is 38.6 Å². The standard InChI is InChI=1S/C21H30N8O3S/c1-13(2)29-14(3)24-15-11-23-20(10-17(15)29)25-19-6-8-22-21(26-19)28-9-7-18(32-4)16(12-28)27-33(5,30)31/h6,8,10-11,13,16,18,27H,7,9,12H2,1-5H3,(H,22,23,25,26)/t16-,18-/m0/s1. The van der Waals surface area contributed by atoms with Crippen LogP contribution in [-0.2, 0) is 14.8 Å². The number of nitrogens with one attached hydrogen (secondary N) is 2. The Hall–Kier alpha value is -2.83. The van der Waals surface area contributed by atoms with E-state index in [9.17, 15) is 8.42 Å². The highest BCUT2D eigenvalue weighted by molar-refractivity contribution is 7.88. The molecule has 33 heavy (non-hydrogen) atoms. The minimum atomic E-state index is -3.37. The first-order valence-corrected chi connectivity index (χ1v) is 12.7. The van der Waals surface area contributed by atoms with Gasteiger partial charge in [-0.15, -0.1) is 0 Å². The maximum atomic E-state index is 11.8. The number of sulfonamides is 1. The molecule has 0 unspecified atom stereocenters. The summed E-state index contributed by atoms with van der Waals surface area (Å²) in [4.78, 5) is 20.1. The maximum absolute atomic E-state index is 11.8. The summed E-state index contributed by atoms with van der Waals surface area (Å²) in [5, 5.41) is 3.25. The van der Waals surface area contributed by atoms with Gasteiger partial charge in [0.05, 0.1) is 30.1 Å². The summed E-state index contributed by atoms with van der Waals surface area (Å²) in [6, 6.07) is 3.63. The molecule has 2 N–H and O–H groups in total. The number of aryl methyl sites for hydroxylation is 1. The molecule has 0 aromatic carbocycles. The van der Waals surface area contributed by atoms with E-state index in [2.05, 4.69) is 48.4 Å². The van der Waals surface area contributed by atoms with Crippen LogP contribution in [0.3, 0.4) is 0 Å². The minimum absolute atomic E-state index is 0.206. The fourth-order valence-corrected chi connectivity index (χ4v) is 5.10. The highest BCUT2D eigenvalue weighted by Gasteiger charge is 2.32. The van der Waals surface area contributed by atoms with Crippen molar-refractivity contribution in [1.29, 1.82) is 0 Å². The second-order valence-electron chi connectivity index (χ2n) is 8.55. The van der Waals surface area contributed by atoms with Crippen LogP contribution in [0.2, 0.25) is 0 Å². The summed E-state index contributed by atoms with van der Waals surface area (Å²) >= 11 is 0. The van der Waals surface area contributed by atoms with Gasteiger partial charge in [-0.05, 0) is 33.3 Å². The van der Waals surface area contributed by atoms with E-state index >= 15 is 0 Å². The molecular weight excluding hydrogens is 444 g/mol. The van der Waals surface area contributed by atoms with E-state index in [1.807, 2.05) is 17.9 Å². The molecule has 1 saturated heterocycles. The summed E-state index contributed by atoms with van der Waals surface area (Å²) in [5.74, 6) is 2.71. The molecule has 1 fully saturated rings. The molecule has 0 aliphatic carbocycles. The van der Waals surface area contributed by atoms with Crippen LogP contribution in [0.15, 0.2) is 24.5 Å². The van der Waals surface area contributed by atoms with Gasteiger partial charge in [0.2, 0.25) is 16.0 Å². The SMILES string of the molecule is CO[C@H]1CCN(c2nccc(Nc3cc4c(cn3)nc(C)n4C(C)C)n2)C[C@@H]1NS(C)(=O)=O. The number of ether oxygens (including phenoxy) is 1. The third-order valence-electron chi connectivity index (χ3n) is 5.67. The van der Waals surface area contributed by atoms with Crippen molar-refractivity contribution in [3.8, 4) is 0 Å². The summed E-state index contributed by atoms with van der Waals surface area (Å²) in [6.45, 7) is 7.30. The largest absolute Gasteiger partial charge is 0.380 e. The summed E-state index contributed by atoms with van der Waals surface area (Å²) < 4.78 is 33.9. The van der Waals surface area contributed by atoms with E-state index < -0.39 is 10.0 Å². The molecule has 3 aromatic rings. The van der Waals surface area contributed by atoms with Crippen LogP contribution in [0, 0.1) is 6.92 Å². The van der Waals surface area contributed by atoms with Crippen LogP contribution < -0.4 is 14.9 Å². The zero-order chi connectivity index (χ0) is 23.8. The smallest absolute Gasteiger partial charge is 0.227 e. The van der Waals surface area contributed by atoms with E-state index in [1.54, 1.807) is 25.6 Å². The molecule has 0 amide bonds. The Balaban J connectivity index is 1.55. The van der Waals surface area contributed by atoms with E-state index in [0.717, 1.165) is 23.1 Å². The predicted octanol–water partition coefficient (Wildman–Crippen LogP) is 2.00. The lowest BCUT2D eigenvalue weighted by Gasteiger charge is -2.37. The third-order valence-corrected chi connectivity index (χ3v) is 6.40. The van der Waals surface area contributed by atoms with Gasteiger partial charge in [0.15, 0.2) is 0 Å². The van der Waals surface area contributed by atoms with Crippen molar-refractivity contribution in [2.75, 3.05) is 36.7 Å². The second kappa shape index (κ2) is 9.20. The Morgan fingerprint density at radius 2 is 2.00 bits per heavy atom. The lowest BCUT2D eigenvalue weighted by atomic mass is 10.0. The summed E-state index contributed by atoms with van der Waals surface area (Å²) in [5.41, 5.74) is 1.85. The minimum Gasteiger partial charge on any atom is -0.380 e. The molecule has 4 heterocycles. The number of nitrogens with zero attached hydrogens (tertiary/aromatic N) is 6. The Bertz CT molecular complexity index is 1240. The highest BCUT2D eigenvalue weighted by Crippen LogP contribution is 2.25. The normalized spacial score (nSPS) is 19.4. The Labute approximate surface area is 193 Å². The maximum Gasteiger partial charge on any atom is 0.227 e. The number of hydrogen-bond donors (Lipinski definition) is 2. The fraction of sp³-hybridized carbons (Fsp3) is 0.524. The quantitative estimate of drug-likeness (QED) is 0.528. The van der Waals surface area contributed by atoms with Crippen molar-refractivity contribution in [2.24, 2.45) is 0 Å². The summed E-state index contributed by atoms with van der Waals surface area (Å²) in [6.07, 6.45) is 5.02. The van der Waals surface area contributed by atoms with Gasteiger partial charge in [-0.1, -0.05) is 0 Å². The van der Waals surface area contributed by atoms with Crippen molar-refractivity contribution in [1.82, 2.24) is 29.2 Å². The lowest BCUT2D eigenvalue weighted by Crippen LogP contribution is -2.55. The zero-order valence-electron chi connectivity index (χ0n) is 19.5. The molecular formula is C21H30N8O3S. The van der Waals surface area contributed by atoms with Crippen LogP contribution in [0.5, 0.6) is 0 Å². The Morgan fingerprint density at radius 3 is 2.70 bits per heavy atom. The van der Waals surface area contributed by atoms with Crippen molar-refractivity contribution < 1.29 is 13.2 Å². The topological polar surface area (TPSA) is 127 Å². The average molecular weight is 475 g/mol. The van der Waals surface area contributed by atoms with Crippen molar-refractivity contribution in [3.05, 3.63) is 30.4 Å². The van der Waals surface area contributed by atoms with Gasteiger partial charge in [-0.3, -0.25) is 0 Å². The molecule has 12 heteroatoms. The van der Waals surface area contributed by atoms with E-state index in [1.165, 1.54) is 0 Å². The van der Waals surface area contributed by atoms with Gasteiger partial charge in [-0.2, -0.15) is 4.98 Å². The first kappa shape index (κ1) is 23.3. The second-order valence-corrected chi connectivity index (χ2v) is 10.3. The van der Waals surface area contributed by atoms with Gasteiger partial charge in [-0.25, -0.2) is 28.1 Å². The summed E-state index contributed by atoms with van der Waals surface area (Å²) in [7, 11) is -1.78. The molecule has 1 aliphatic heterocycles. The van der Waals surface area contributed by atoms with Crippen LogP contribution in [0.4, 0.5) is 17.6 Å². The van der Waals surface area contributed by atoms with Crippen LogP contribution in [0.25, 0.3) is 11.0 Å². The molecule has 3 aromatic heterocycles. The highest BCUT2D eigenvalue weighted by atomic mass is 32.2. The molecule has 1 aliphatic rings. The molecule has 0 spiro atoms. The van der Waals surface area contributed by atoms with Crippen molar-refractivity contribution in [2.45, 2.75) is 45.4 Å². The van der Waals surface area contributed by atoms with Gasteiger partial charge < -0.3 is 19.5 Å². The molecule has 178 valence electrons. The molecule has 2 atom stereocenters. The average Bonchev–Trinajstić information content (AvgIpc) is 3.08. The predicted molar refractivity (Wildman–Crippen MR) is 127 cm³/mol.